The molecule has 12 heteroatoms. The molecule has 0 aliphatic heterocycles. The van der Waals surface area contributed by atoms with E-state index >= 15 is 0 Å². The molecule has 8 nitrogen and oxygen atoms in total. The zero-order valence-corrected chi connectivity index (χ0v) is 17.2. The van der Waals surface area contributed by atoms with Crippen LogP contribution >= 0.6 is 11.6 Å². The van der Waals surface area contributed by atoms with Crippen molar-refractivity contribution in [3.63, 3.8) is 0 Å². The molecule has 2 aromatic heterocycles. The highest BCUT2D eigenvalue weighted by Crippen LogP contribution is 2.16. The van der Waals surface area contributed by atoms with Gasteiger partial charge in [-0.25, -0.2) is 9.89 Å². The summed E-state index contributed by atoms with van der Waals surface area (Å²) in [4.78, 5) is 37.2. The maximum absolute atomic E-state index is 12.4. The van der Waals surface area contributed by atoms with Crippen LogP contribution in [-0.2, 0) is 11.3 Å². The lowest BCUT2D eigenvalue weighted by Crippen LogP contribution is -2.30. The van der Waals surface area contributed by atoms with E-state index in [9.17, 15) is 22.8 Å². The van der Waals surface area contributed by atoms with Crippen LogP contribution in [-0.4, -0.2) is 38.3 Å². The number of H-pyrrole nitrogens is 1. The van der Waals surface area contributed by atoms with Gasteiger partial charge >= 0.3 is 12.1 Å². The number of hydrogen-bond acceptors (Lipinski definition) is 5. The predicted octanol–water partition coefficient (Wildman–Crippen LogP) is 3.36. The number of carbonyl (C=O) groups excluding carboxylic acids is 1. The van der Waals surface area contributed by atoms with Crippen LogP contribution in [0.3, 0.4) is 0 Å². The predicted molar refractivity (Wildman–Crippen MR) is 109 cm³/mol. The van der Waals surface area contributed by atoms with Crippen molar-refractivity contribution in [1.82, 2.24) is 20.5 Å². The third-order valence-electron chi connectivity index (χ3n) is 4.02. The number of nitrogens with zero attached hydrogens (tertiary/aromatic N) is 2. The molecule has 0 atom stereocenters. The van der Waals surface area contributed by atoms with E-state index in [4.69, 9.17) is 21.5 Å². The lowest BCUT2D eigenvalue weighted by Gasteiger charge is -2.09. The fraction of sp³-hybridized carbons (Fsp3) is 0.150. The molecule has 3 aromatic rings. The number of halogens is 4. The van der Waals surface area contributed by atoms with Gasteiger partial charge in [0.05, 0.1) is 5.69 Å². The monoisotopic (exact) mass is 468 g/mol. The van der Waals surface area contributed by atoms with E-state index in [1.807, 2.05) is 13.0 Å². The van der Waals surface area contributed by atoms with Crippen molar-refractivity contribution in [1.29, 1.82) is 0 Å². The number of rotatable bonds is 4. The topological polar surface area (TPSA) is 125 Å². The molecule has 3 N–H and O–H groups in total. The standard InChI is InChI=1S/C18H15ClN4O2.C2HF3O2/c1-11-2-3-14(19)8-13(11)10-21-17(24)15-9-16(22-23-18(15)25)12-4-6-20-7-5-12;3-2(4,5)1(6)7/h2-9H,10H2,1H3,(H,21,24)(H,23,25);(H,6,7). The van der Waals surface area contributed by atoms with Crippen molar-refractivity contribution in [3.05, 3.63) is 80.9 Å². The third kappa shape index (κ3) is 6.91. The van der Waals surface area contributed by atoms with Gasteiger partial charge in [-0.2, -0.15) is 18.3 Å². The molecule has 0 unspecified atom stereocenters. The van der Waals surface area contributed by atoms with E-state index < -0.39 is 23.6 Å². The molecule has 0 aliphatic carbocycles. The van der Waals surface area contributed by atoms with Crippen molar-refractivity contribution < 1.29 is 27.9 Å². The number of alkyl halides is 3. The Bertz CT molecular complexity index is 1170. The molecule has 1 aromatic carbocycles. The summed E-state index contributed by atoms with van der Waals surface area (Å²) in [7, 11) is 0. The Balaban J connectivity index is 0.000000451. The number of aromatic nitrogens is 3. The summed E-state index contributed by atoms with van der Waals surface area (Å²) in [6.45, 7) is 2.20. The zero-order chi connectivity index (χ0) is 23.9. The van der Waals surface area contributed by atoms with E-state index in [0.29, 0.717) is 10.7 Å². The minimum Gasteiger partial charge on any atom is -0.475 e. The van der Waals surface area contributed by atoms with Gasteiger partial charge in [0.25, 0.3) is 11.5 Å². The zero-order valence-electron chi connectivity index (χ0n) is 16.4. The third-order valence-corrected chi connectivity index (χ3v) is 4.25. The van der Waals surface area contributed by atoms with Gasteiger partial charge in [-0.15, -0.1) is 0 Å². The number of aliphatic carboxylic acids is 1. The maximum atomic E-state index is 12.4. The molecule has 0 saturated heterocycles. The van der Waals surface area contributed by atoms with E-state index in [1.165, 1.54) is 6.07 Å². The molecule has 168 valence electrons. The van der Waals surface area contributed by atoms with Gasteiger partial charge < -0.3 is 10.4 Å². The molecule has 0 spiro atoms. The second-order valence-electron chi connectivity index (χ2n) is 6.29. The van der Waals surface area contributed by atoms with E-state index in [1.54, 1.807) is 36.7 Å². The van der Waals surface area contributed by atoms with Gasteiger partial charge in [0.15, 0.2) is 0 Å². The number of carboxylic acids is 1. The largest absolute Gasteiger partial charge is 0.490 e. The first-order valence-electron chi connectivity index (χ1n) is 8.82. The summed E-state index contributed by atoms with van der Waals surface area (Å²) >= 11 is 5.98. The van der Waals surface area contributed by atoms with Crippen LogP contribution < -0.4 is 10.9 Å². The van der Waals surface area contributed by atoms with Crippen LogP contribution in [0.5, 0.6) is 0 Å². The van der Waals surface area contributed by atoms with Crippen LogP contribution in [0.4, 0.5) is 13.2 Å². The number of pyridine rings is 1. The minimum atomic E-state index is -5.08. The SMILES string of the molecule is Cc1ccc(Cl)cc1CNC(=O)c1cc(-c2ccncc2)n[nH]c1=O.O=C(O)C(F)(F)F. The number of carbonyl (C=O) groups is 2. The molecule has 0 aliphatic rings. The summed E-state index contributed by atoms with van der Waals surface area (Å²) in [6.07, 6.45) is -1.85. The average molecular weight is 469 g/mol. The summed E-state index contributed by atoms with van der Waals surface area (Å²) in [5, 5.41) is 16.8. The normalized spacial score (nSPS) is 10.7. The molecule has 0 radical (unpaired) electrons. The first-order valence-corrected chi connectivity index (χ1v) is 9.20. The molecule has 0 bridgehead atoms. The lowest BCUT2D eigenvalue weighted by atomic mass is 10.1. The van der Waals surface area contributed by atoms with Gasteiger partial charge in [0, 0.05) is 29.5 Å². The summed E-state index contributed by atoms with van der Waals surface area (Å²) in [6, 6.07) is 10.4. The number of benzene rings is 1. The maximum Gasteiger partial charge on any atom is 0.490 e. The smallest absolute Gasteiger partial charge is 0.475 e. The summed E-state index contributed by atoms with van der Waals surface area (Å²) in [5.41, 5.74) is 2.60. The quantitative estimate of drug-likeness (QED) is 0.539. The molecule has 1 amide bonds. The van der Waals surface area contributed by atoms with Crippen molar-refractivity contribution in [2.75, 3.05) is 0 Å². The van der Waals surface area contributed by atoms with E-state index in [0.717, 1.165) is 16.7 Å². The highest BCUT2D eigenvalue weighted by molar-refractivity contribution is 6.30. The average Bonchev–Trinajstić information content (AvgIpc) is 2.75. The van der Waals surface area contributed by atoms with Crippen LogP contribution in [0.25, 0.3) is 11.3 Å². The number of hydrogen-bond donors (Lipinski definition) is 3. The highest BCUT2D eigenvalue weighted by Gasteiger charge is 2.38. The molecular formula is C20H16ClF3N4O4. The highest BCUT2D eigenvalue weighted by atomic mass is 35.5. The van der Waals surface area contributed by atoms with E-state index in [-0.39, 0.29) is 12.1 Å². The molecule has 3 rings (SSSR count). The molecule has 0 fully saturated rings. The van der Waals surface area contributed by atoms with Gasteiger partial charge in [0.2, 0.25) is 0 Å². The first-order chi connectivity index (χ1) is 15.0. The van der Waals surface area contributed by atoms with Gasteiger partial charge in [0.1, 0.15) is 5.56 Å². The fourth-order valence-electron chi connectivity index (χ4n) is 2.35. The first kappa shape index (κ1) is 24.5. The Morgan fingerprint density at radius 3 is 2.38 bits per heavy atom. The second kappa shape index (κ2) is 10.5. The van der Waals surface area contributed by atoms with Crippen molar-refractivity contribution in [3.8, 4) is 11.3 Å². The molecule has 0 saturated carbocycles. The van der Waals surface area contributed by atoms with Crippen LogP contribution in [0.2, 0.25) is 5.02 Å². The Kier molecular flexibility index (Phi) is 8.08. The van der Waals surface area contributed by atoms with Crippen molar-refractivity contribution in [2.24, 2.45) is 0 Å². The lowest BCUT2D eigenvalue weighted by molar-refractivity contribution is -0.192. The second-order valence-corrected chi connectivity index (χ2v) is 6.72. The van der Waals surface area contributed by atoms with Gasteiger partial charge in [-0.1, -0.05) is 17.7 Å². The number of aryl methyl sites for hydroxylation is 1. The van der Waals surface area contributed by atoms with Crippen LogP contribution in [0.1, 0.15) is 21.5 Å². The number of carboxylic acid groups (broad SMARTS) is 1. The number of aromatic amines is 1. The Morgan fingerprint density at radius 2 is 1.78 bits per heavy atom. The molecular weight excluding hydrogens is 453 g/mol. The van der Waals surface area contributed by atoms with Gasteiger partial charge in [-0.3, -0.25) is 14.6 Å². The Morgan fingerprint density at radius 1 is 1.16 bits per heavy atom. The van der Waals surface area contributed by atoms with Crippen molar-refractivity contribution >= 4 is 23.5 Å². The van der Waals surface area contributed by atoms with Gasteiger partial charge in [-0.05, 0) is 48.4 Å². The molecule has 32 heavy (non-hydrogen) atoms. The summed E-state index contributed by atoms with van der Waals surface area (Å²) < 4.78 is 31.7. The number of amides is 1. The van der Waals surface area contributed by atoms with E-state index in [2.05, 4.69) is 20.5 Å². The minimum absolute atomic E-state index is 0.00138. The summed E-state index contributed by atoms with van der Waals surface area (Å²) in [5.74, 6) is -3.23. The van der Waals surface area contributed by atoms with Crippen molar-refractivity contribution in [2.45, 2.75) is 19.6 Å². The van der Waals surface area contributed by atoms with Crippen LogP contribution in [0.15, 0.2) is 53.6 Å². The Labute approximate surface area is 184 Å². The van der Waals surface area contributed by atoms with Crippen LogP contribution in [0, 0.1) is 6.92 Å². The fourth-order valence-corrected chi connectivity index (χ4v) is 2.54. The number of nitrogens with one attached hydrogen (secondary N) is 2. The Hall–Kier alpha value is -3.73. The molecule has 2 heterocycles.